The zero-order valence-corrected chi connectivity index (χ0v) is 28.9. The van der Waals surface area contributed by atoms with Crippen molar-refractivity contribution in [3.63, 3.8) is 0 Å². The van der Waals surface area contributed by atoms with Gasteiger partial charge in [-0.05, 0) is 64.6 Å². The van der Waals surface area contributed by atoms with Gasteiger partial charge in [0.2, 0.25) is 0 Å². The summed E-state index contributed by atoms with van der Waals surface area (Å²) < 4.78 is 151. The Hall–Kier alpha value is -7.63. The number of rotatable bonds is 6. The van der Waals surface area contributed by atoms with Gasteiger partial charge in [-0.15, -0.1) is 0 Å². The van der Waals surface area contributed by atoms with Crippen LogP contribution in [0.25, 0.3) is 106 Å². The summed E-state index contributed by atoms with van der Waals surface area (Å²) in [5.41, 5.74) is 0.853. The second-order valence-electron chi connectivity index (χ2n) is 12.8. The number of para-hydroxylation sites is 2. The number of fused-ring (bicyclic) bond motifs is 6. The summed E-state index contributed by atoms with van der Waals surface area (Å²) >= 11 is 0. The molecule has 0 unspecified atom stereocenters. The summed E-state index contributed by atoms with van der Waals surface area (Å²) in [7, 11) is 0. The van der Waals surface area contributed by atoms with E-state index in [-0.39, 0.29) is 33.8 Å². The Balaban J connectivity index is 1.22. The summed E-state index contributed by atoms with van der Waals surface area (Å²) in [5, 5.41) is 1.01. The molecule has 0 N–H and O–H groups in total. The summed E-state index contributed by atoms with van der Waals surface area (Å²) in [6.45, 7) is 0. The Morgan fingerprint density at radius 1 is 0.393 bits per heavy atom. The van der Waals surface area contributed by atoms with Crippen LogP contribution < -0.4 is 0 Å². The van der Waals surface area contributed by atoms with Gasteiger partial charge in [-0.25, -0.2) is 15.0 Å². The average Bonchev–Trinajstić information content (AvgIpc) is 3.95. The smallest absolute Gasteiger partial charge is 0.164 e. The van der Waals surface area contributed by atoms with Crippen molar-refractivity contribution in [3.05, 3.63) is 194 Å². The van der Waals surface area contributed by atoms with E-state index in [0.717, 1.165) is 26.5 Å². The molecule has 3 aromatic heterocycles. The molecule has 8 aromatic carbocycles. The molecule has 3 heterocycles. The molecule has 262 valence electrons. The molecule has 11 rings (SSSR count). The molecule has 11 aromatic rings. The fraction of sp³-hybridized carbons (Fsp3) is 0. The summed E-state index contributed by atoms with van der Waals surface area (Å²) in [4.78, 5) is 14.5. The van der Waals surface area contributed by atoms with Crippen molar-refractivity contribution >= 4 is 43.7 Å². The van der Waals surface area contributed by atoms with Crippen molar-refractivity contribution < 1.29 is 26.3 Å². The molecular weight excluding hydrogens is 685 g/mol. The van der Waals surface area contributed by atoms with Crippen LogP contribution in [0.3, 0.4) is 0 Å². The quantitative estimate of drug-likeness (QED) is 0.171. The Morgan fingerprint density at radius 3 is 1.80 bits per heavy atom. The van der Waals surface area contributed by atoms with Gasteiger partial charge in [0.05, 0.1) is 33.0 Å². The van der Waals surface area contributed by atoms with Crippen LogP contribution in [0.1, 0.15) is 21.9 Å². The van der Waals surface area contributed by atoms with E-state index in [1.165, 1.54) is 0 Å². The van der Waals surface area contributed by atoms with E-state index < -0.39 is 125 Å². The molecule has 0 radical (unpaired) electrons. The van der Waals surface area contributed by atoms with Crippen LogP contribution in [0.2, 0.25) is 0 Å². The Bertz CT molecular complexity index is 4120. The molecule has 56 heavy (non-hydrogen) atoms. The van der Waals surface area contributed by atoms with E-state index >= 15 is 0 Å². The molecule has 0 saturated heterocycles. The Labute approximate surface area is 345 Å². The van der Waals surface area contributed by atoms with Crippen LogP contribution in [0.15, 0.2) is 198 Å². The van der Waals surface area contributed by atoms with Gasteiger partial charge in [0, 0.05) is 43.9 Å². The highest BCUT2D eigenvalue weighted by atomic mass is 16.3. The van der Waals surface area contributed by atoms with Gasteiger partial charge in [0.1, 0.15) is 11.2 Å². The molecule has 0 bridgehead atoms. The normalized spacial score (nSPS) is 15.6. The molecule has 5 nitrogen and oxygen atoms in total. The van der Waals surface area contributed by atoms with Gasteiger partial charge >= 0.3 is 0 Å². The zero-order valence-electron chi connectivity index (χ0n) is 44.9. The van der Waals surface area contributed by atoms with Crippen LogP contribution in [-0.2, 0) is 0 Å². The number of furan rings is 1. The topological polar surface area (TPSA) is 56.7 Å². The Kier molecular flexibility index (Phi) is 4.57. The van der Waals surface area contributed by atoms with Crippen LogP contribution >= 0.6 is 0 Å². The van der Waals surface area contributed by atoms with Crippen molar-refractivity contribution in [1.82, 2.24) is 19.5 Å². The number of hydrogen-bond donors (Lipinski definition) is 0. The molecule has 0 saturated carbocycles. The minimum atomic E-state index is -0.879. The van der Waals surface area contributed by atoms with Crippen LogP contribution in [0, 0.1) is 0 Å². The maximum absolute atomic E-state index is 10.00. The van der Waals surface area contributed by atoms with E-state index in [4.69, 9.17) is 30.3 Å². The highest BCUT2D eigenvalue weighted by Crippen LogP contribution is 2.37. The molecule has 0 fully saturated rings. The average molecular weight is 733 g/mol. The molecular formula is C51H32N4O. The lowest BCUT2D eigenvalue weighted by atomic mass is 10.0. The van der Waals surface area contributed by atoms with Crippen molar-refractivity contribution in [1.29, 1.82) is 0 Å². The Morgan fingerprint density at radius 2 is 0.982 bits per heavy atom. The van der Waals surface area contributed by atoms with Crippen molar-refractivity contribution in [3.8, 4) is 62.1 Å². The highest BCUT2D eigenvalue weighted by molar-refractivity contribution is 6.10. The second-order valence-corrected chi connectivity index (χ2v) is 12.8. The lowest BCUT2D eigenvalue weighted by Crippen LogP contribution is -2.00. The van der Waals surface area contributed by atoms with E-state index in [9.17, 15) is 11.0 Å². The van der Waals surface area contributed by atoms with Gasteiger partial charge in [-0.1, -0.05) is 151 Å². The number of hydrogen-bond acceptors (Lipinski definition) is 4. The molecule has 0 atom stereocenters. The van der Waals surface area contributed by atoms with E-state index in [0.29, 0.717) is 22.3 Å². The lowest BCUT2D eigenvalue weighted by Gasteiger charge is -2.11. The molecule has 0 spiro atoms. The monoisotopic (exact) mass is 732 g/mol. The first-order valence-corrected chi connectivity index (χ1v) is 17.5. The predicted octanol–water partition coefficient (Wildman–Crippen LogP) is 13.2. The van der Waals surface area contributed by atoms with Crippen molar-refractivity contribution in [2.75, 3.05) is 0 Å². The second kappa shape index (κ2) is 13.0. The predicted molar refractivity (Wildman–Crippen MR) is 229 cm³/mol. The first-order chi connectivity index (χ1) is 34.4. The third-order valence-electron chi connectivity index (χ3n) is 9.49. The van der Waals surface area contributed by atoms with E-state index in [2.05, 4.69) is 0 Å². The summed E-state index contributed by atoms with van der Waals surface area (Å²) in [6, 6.07) is 17.7. The van der Waals surface area contributed by atoms with Gasteiger partial charge in [-0.2, -0.15) is 0 Å². The fourth-order valence-electron chi connectivity index (χ4n) is 6.82. The minimum absolute atomic E-state index is 0.0814. The van der Waals surface area contributed by atoms with Gasteiger partial charge in [-0.3, -0.25) is 0 Å². The van der Waals surface area contributed by atoms with Crippen LogP contribution in [0.4, 0.5) is 0 Å². The number of aromatic nitrogens is 4. The molecule has 0 aliphatic rings. The molecule has 0 aliphatic carbocycles. The first-order valence-electron chi connectivity index (χ1n) is 25.5. The van der Waals surface area contributed by atoms with Gasteiger partial charge < -0.3 is 8.98 Å². The molecule has 0 amide bonds. The summed E-state index contributed by atoms with van der Waals surface area (Å²) in [5.74, 6) is -0.0877. The summed E-state index contributed by atoms with van der Waals surface area (Å²) in [6.07, 6.45) is 0. The van der Waals surface area contributed by atoms with Gasteiger partial charge in [0.15, 0.2) is 17.5 Å². The SMILES string of the molecule is [2H]c1c([2H])c([2H])c(-c2c([2H])c([2H])c(-n3c4c([2H])c([2H])c([2H])c([2H])c4c4c([2H])c([2H])c(-c5nc(-c6ccc(-c7ccccc7)cc6)nc(-c6ccc7c(c6)oc6ccccc67)n5)c([2H])c43)c([2H])c2[2H])c([2H])c1[2H]. The maximum atomic E-state index is 10.00. The molecule has 0 aliphatic heterocycles. The van der Waals surface area contributed by atoms with E-state index in [1.807, 2.05) is 72.8 Å². The molecule has 5 heteroatoms. The fourth-order valence-corrected chi connectivity index (χ4v) is 6.82. The van der Waals surface area contributed by atoms with Crippen molar-refractivity contribution in [2.24, 2.45) is 0 Å². The van der Waals surface area contributed by atoms with Crippen LogP contribution in [0.5, 0.6) is 0 Å². The van der Waals surface area contributed by atoms with Crippen molar-refractivity contribution in [2.45, 2.75) is 0 Å². The standard InChI is InChI=1S/C51H32N4O/c1-3-11-33(12-4-1)35-19-21-37(22-20-35)49-52-50(54-51(53-49)39-26-30-44-43-16-8-10-18-47(43)56-48(44)32-39)38-25-29-42-41-15-7-9-17-45(41)55(46(42)31-38)40-27-23-36(24-28-40)34-13-5-2-6-14-34/h1-32H/i2D,5D,6D,7D,9D,13D,14D,15D,17D,23D,24D,25D,27D,28D,29D,31D. The largest absolute Gasteiger partial charge is 0.456 e. The van der Waals surface area contributed by atoms with E-state index in [1.54, 1.807) is 24.3 Å². The minimum Gasteiger partial charge on any atom is -0.456 e. The maximum Gasteiger partial charge on any atom is 0.164 e. The van der Waals surface area contributed by atoms with Gasteiger partial charge in [0.25, 0.3) is 0 Å². The zero-order chi connectivity index (χ0) is 50.9. The third-order valence-corrected chi connectivity index (χ3v) is 9.49. The lowest BCUT2D eigenvalue weighted by molar-refractivity contribution is 0.669. The number of benzene rings is 8. The first kappa shape index (κ1) is 19.6. The third kappa shape index (κ3) is 5.45. The highest BCUT2D eigenvalue weighted by Gasteiger charge is 2.18. The van der Waals surface area contributed by atoms with Crippen LogP contribution in [-0.4, -0.2) is 19.5 Å². The number of nitrogens with zero attached hydrogens (tertiary/aromatic N) is 4.